The van der Waals surface area contributed by atoms with Gasteiger partial charge in [0.25, 0.3) is 5.91 Å². The fourth-order valence-electron chi connectivity index (χ4n) is 1.52. The van der Waals surface area contributed by atoms with Gasteiger partial charge in [0.1, 0.15) is 4.88 Å². The molecule has 0 radical (unpaired) electrons. The van der Waals surface area contributed by atoms with Gasteiger partial charge in [0.2, 0.25) is 0 Å². The van der Waals surface area contributed by atoms with Crippen LogP contribution in [0.1, 0.15) is 55.7 Å². The van der Waals surface area contributed by atoms with Gasteiger partial charge in [0, 0.05) is 18.6 Å². The van der Waals surface area contributed by atoms with Gasteiger partial charge >= 0.3 is 0 Å². The van der Waals surface area contributed by atoms with E-state index in [0.717, 1.165) is 5.01 Å². The van der Waals surface area contributed by atoms with E-state index < -0.39 is 0 Å². The van der Waals surface area contributed by atoms with Gasteiger partial charge in [-0.3, -0.25) is 4.79 Å². The lowest BCUT2D eigenvalue weighted by atomic mass is 9.90. The number of amides is 1. The van der Waals surface area contributed by atoms with Crippen LogP contribution in [0.25, 0.3) is 0 Å². The lowest BCUT2D eigenvalue weighted by Gasteiger charge is -2.23. The normalized spacial score (nSPS) is 12.5. The second kappa shape index (κ2) is 6.01. The van der Waals surface area contributed by atoms with E-state index in [1.807, 2.05) is 13.8 Å². The molecule has 1 heterocycles. The first-order valence-corrected chi connectivity index (χ1v) is 7.33. The van der Waals surface area contributed by atoms with Crippen LogP contribution in [-0.2, 0) is 5.41 Å². The average Bonchev–Trinajstić information content (AvgIpc) is 2.74. The van der Waals surface area contributed by atoms with Gasteiger partial charge in [0.15, 0.2) is 0 Å². The van der Waals surface area contributed by atoms with Crippen molar-refractivity contribution >= 4 is 17.2 Å². The molecule has 1 aromatic heterocycles. The maximum atomic E-state index is 12.0. The molecule has 0 aliphatic heterocycles. The number of nitrogens with one attached hydrogen (secondary N) is 1. The summed E-state index contributed by atoms with van der Waals surface area (Å²) < 4.78 is 0. The van der Waals surface area contributed by atoms with Gasteiger partial charge in [-0.1, -0.05) is 34.6 Å². The van der Waals surface area contributed by atoms with Gasteiger partial charge < -0.3 is 10.4 Å². The summed E-state index contributed by atoms with van der Waals surface area (Å²) in [5.74, 6) is -0.0842. The summed E-state index contributed by atoms with van der Waals surface area (Å²) >= 11 is 1.44. The largest absolute Gasteiger partial charge is 0.396 e. The van der Waals surface area contributed by atoms with E-state index >= 15 is 0 Å². The maximum Gasteiger partial charge on any atom is 0.263 e. The molecular formula is C14H24N2O2S. The second-order valence-corrected chi connectivity index (χ2v) is 7.63. The van der Waals surface area contributed by atoms with Crippen molar-refractivity contribution in [1.29, 1.82) is 0 Å². The van der Waals surface area contributed by atoms with Gasteiger partial charge in [-0.05, 0) is 11.8 Å². The van der Waals surface area contributed by atoms with E-state index in [1.165, 1.54) is 11.3 Å². The van der Waals surface area contributed by atoms with Crippen molar-refractivity contribution in [3.8, 4) is 0 Å². The van der Waals surface area contributed by atoms with E-state index in [4.69, 9.17) is 5.11 Å². The molecule has 0 fully saturated rings. The number of thiazole rings is 1. The van der Waals surface area contributed by atoms with E-state index in [0.29, 0.717) is 17.8 Å². The zero-order valence-corrected chi connectivity index (χ0v) is 13.2. The van der Waals surface area contributed by atoms with Crippen LogP contribution in [0.3, 0.4) is 0 Å². The Kier molecular flexibility index (Phi) is 5.10. The molecule has 0 unspecified atom stereocenters. The van der Waals surface area contributed by atoms with Crippen molar-refractivity contribution in [2.45, 2.75) is 46.5 Å². The zero-order valence-electron chi connectivity index (χ0n) is 12.4. The lowest BCUT2D eigenvalue weighted by Crippen LogP contribution is -2.34. The number of hydrogen-bond acceptors (Lipinski definition) is 4. The van der Waals surface area contributed by atoms with Gasteiger partial charge in [-0.15, -0.1) is 11.3 Å². The molecule has 0 saturated heterocycles. The van der Waals surface area contributed by atoms with Crippen molar-refractivity contribution in [3.05, 3.63) is 16.1 Å². The molecule has 0 atom stereocenters. The van der Waals surface area contributed by atoms with Gasteiger partial charge in [-0.2, -0.15) is 0 Å². The minimum absolute atomic E-state index is 0.0284. The summed E-state index contributed by atoms with van der Waals surface area (Å²) in [4.78, 5) is 17.0. The number of hydrogen-bond donors (Lipinski definition) is 2. The Morgan fingerprint density at radius 3 is 2.47 bits per heavy atom. The Balaban J connectivity index is 2.62. The number of nitrogens with zero attached hydrogens (tertiary/aromatic N) is 1. The molecule has 4 nitrogen and oxygen atoms in total. The number of carbonyl (C=O) groups excluding carboxylic acids is 1. The Morgan fingerprint density at radius 2 is 2.00 bits per heavy atom. The van der Waals surface area contributed by atoms with E-state index in [-0.39, 0.29) is 23.3 Å². The third kappa shape index (κ3) is 4.91. The molecule has 0 spiro atoms. The van der Waals surface area contributed by atoms with Crippen LogP contribution in [0.5, 0.6) is 0 Å². The third-order valence-electron chi connectivity index (χ3n) is 2.89. The molecule has 0 aliphatic rings. The number of rotatable bonds is 5. The highest BCUT2D eigenvalue weighted by Crippen LogP contribution is 2.27. The van der Waals surface area contributed by atoms with E-state index in [2.05, 4.69) is 31.1 Å². The van der Waals surface area contributed by atoms with Crippen LogP contribution < -0.4 is 5.32 Å². The maximum absolute atomic E-state index is 12.0. The van der Waals surface area contributed by atoms with Crippen molar-refractivity contribution in [1.82, 2.24) is 10.3 Å². The predicted octanol–water partition coefficient (Wildman–Crippen LogP) is 2.58. The average molecular weight is 284 g/mol. The first kappa shape index (κ1) is 16.1. The van der Waals surface area contributed by atoms with Crippen LogP contribution in [0.15, 0.2) is 6.20 Å². The number of carbonyl (C=O) groups is 1. The van der Waals surface area contributed by atoms with Crippen molar-refractivity contribution in [3.63, 3.8) is 0 Å². The quantitative estimate of drug-likeness (QED) is 0.873. The summed E-state index contributed by atoms with van der Waals surface area (Å²) in [5, 5.41) is 12.8. The molecule has 1 amide bonds. The van der Waals surface area contributed by atoms with Crippen LogP contribution in [0.4, 0.5) is 0 Å². The fourth-order valence-corrected chi connectivity index (χ4v) is 2.41. The first-order chi connectivity index (χ1) is 8.65. The number of aliphatic hydroxyl groups excluding tert-OH is 1. The summed E-state index contributed by atoms with van der Waals surface area (Å²) in [5.41, 5.74) is -0.124. The minimum atomic E-state index is -0.0953. The summed E-state index contributed by atoms with van der Waals surface area (Å²) in [6.45, 7) is 11.0. The second-order valence-electron chi connectivity index (χ2n) is 6.60. The SMILES string of the molecule is CC(C)(CCO)CNC(=O)c1cnc(C(C)(C)C)s1. The molecule has 1 rings (SSSR count). The standard InChI is InChI=1S/C14H24N2O2S/c1-13(2,3)12-15-8-10(19-12)11(18)16-9-14(4,5)6-7-17/h8,17H,6-7,9H2,1-5H3,(H,16,18). The monoisotopic (exact) mass is 284 g/mol. The highest BCUT2D eigenvalue weighted by Gasteiger charge is 2.22. The molecular weight excluding hydrogens is 260 g/mol. The zero-order chi connectivity index (χ0) is 14.7. The smallest absolute Gasteiger partial charge is 0.263 e. The molecule has 5 heteroatoms. The minimum Gasteiger partial charge on any atom is -0.396 e. The Hall–Kier alpha value is -0.940. The van der Waals surface area contributed by atoms with Crippen LogP contribution >= 0.6 is 11.3 Å². The van der Waals surface area contributed by atoms with E-state index in [1.54, 1.807) is 6.20 Å². The Labute approximate surface area is 119 Å². The number of aliphatic hydroxyl groups is 1. The van der Waals surface area contributed by atoms with Crippen LogP contribution in [0, 0.1) is 5.41 Å². The van der Waals surface area contributed by atoms with E-state index in [9.17, 15) is 4.79 Å². The van der Waals surface area contributed by atoms with Gasteiger partial charge in [-0.25, -0.2) is 4.98 Å². The number of aromatic nitrogens is 1. The molecule has 0 aromatic carbocycles. The molecule has 19 heavy (non-hydrogen) atoms. The lowest BCUT2D eigenvalue weighted by molar-refractivity contribution is 0.0932. The van der Waals surface area contributed by atoms with Gasteiger partial charge in [0.05, 0.1) is 11.2 Å². The molecule has 0 aliphatic carbocycles. The summed E-state index contributed by atoms with van der Waals surface area (Å²) in [7, 11) is 0. The summed E-state index contributed by atoms with van der Waals surface area (Å²) in [6.07, 6.45) is 2.31. The topological polar surface area (TPSA) is 62.2 Å². The molecule has 0 bridgehead atoms. The predicted molar refractivity (Wildman–Crippen MR) is 78.6 cm³/mol. The molecule has 108 valence electrons. The van der Waals surface area contributed by atoms with Crippen LogP contribution in [0.2, 0.25) is 0 Å². The highest BCUT2D eigenvalue weighted by atomic mass is 32.1. The Bertz CT molecular complexity index is 433. The van der Waals surface area contributed by atoms with Crippen molar-refractivity contribution in [2.75, 3.05) is 13.2 Å². The summed E-state index contributed by atoms with van der Waals surface area (Å²) in [6, 6.07) is 0. The molecule has 2 N–H and O–H groups in total. The molecule has 1 aromatic rings. The van der Waals surface area contributed by atoms with Crippen molar-refractivity contribution in [2.24, 2.45) is 5.41 Å². The van der Waals surface area contributed by atoms with Crippen LogP contribution in [-0.4, -0.2) is 29.1 Å². The highest BCUT2D eigenvalue weighted by molar-refractivity contribution is 7.13. The van der Waals surface area contributed by atoms with Crippen molar-refractivity contribution < 1.29 is 9.90 Å². The fraction of sp³-hybridized carbons (Fsp3) is 0.714. The first-order valence-electron chi connectivity index (χ1n) is 6.51. The third-order valence-corrected chi connectivity index (χ3v) is 4.31. The molecule has 0 saturated carbocycles. The Morgan fingerprint density at radius 1 is 1.37 bits per heavy atom.